The van der Waals surface area contributed by atoms with Crippen LogP contribution >= 0.6 is 47.8 Å². The van der Waals surface area contributed by atoms with Crippen LogP contribution in [-0.4, -0.2) is 5.11 Å². The van der Waals surface area contributed by atoms with Crippen molar-refractivity contribution in [2.45, 2.75) is 6.54 Å². The number of hydrogen-bond acceptors (Lipinski definition) is 2. The number of benzene rings is 2. The van der Waals surface area contributed by atoms with Crippen LogP contribution in [0.1, 0.15) is 5.56 Å². The molecule has 0 amide bonds. The molecule has 2 rings (SSSR count). The number of anilines is 1. The van der Waals surface area contributed by atoms with E-state index < -0.39 is 0 Å². The van der Waals surface area contributed by atoms with Gasteiger partial charge < -0.3 is 10.4 Å². The van der Waals surface area contributed by atoms with Crippen LogP contribution in [0.3, 0.4) is 0 Å². The third kappa shape index (κ3) is 3.70. The van der Waals surface area contributed by atoms with Gasteiger partial charge in [0.1, 0.15) is 11.6 Å². The van der Waals surface area contributed by atoms with Crippen molar-refractivity contribution >= 4 is 53.5 Å². The van der Waals surface area contributed by atoms with Gasteiger partial charge >= 0.3 is 0 Å². The molecule has 0 aromatic heterocycles. The summed E-state index contributed by atoms with van der Waals surface area (Å²) in [6, 6.07) is 7.68. The number of hydrogen-bond donors (Lipinski definition) is 2. The van der Waals surface area contributed by atoms with Gasteiger partial charge in [0, 0.05) is 25.5 Å². The van der Waals surface area contributed by atoms with Gasteiger partial charge in [-0.05, 0) is 62.2 Å². The van der Waals surface area contributed by atoms with Gasteiger partial charge in [-0.2, -0.15) is 0 Å². The Kier molecular flexibility index (Phi) is 4.86. The smallest absolute Gasteiger partial charge is 0.123 e. The second kappa shape index (κ2) is 6.24. The van der Waals surface area contributed by atoms with Gasteiger partial charge in [-0.25, -0.2) is 4.39 Å². The van der Waals surface area contributed by atoms with Gasteiger partial charge in [-0.1, -0.05) is 15.9 Å². The maximum Gasteiger partial charge on any atom is 0.123 e. The zero-order valence-corrected chi connectivity index (χ0v) is 14.3. The van der Waals surface area contributed by atoms with Gasteiger partial charge in [0.25, 0.3) is 0 Å². The fraction of sp³-hybridized carbons (Fsp3) is 0.0769. The van der Waals surface area contributed by atoms with E-state index in [1.165, 1.54) is 18.2 Å². The zero-order valence-electron chi connectivity index (χ0n) is 9.55. The average Bonchev–Trinajstić information content (AvgIpc) is 2.32. The van der Waals surface area contributed by atoms with Crippen LogP contribution in [0.4, 0.5) is 10.1 Å². The standard InChI is InChI=1S/C13H9Br3FNO/c14-8-4-10(15)13(11(16)5-8)18-6-7-3-9(17)1-2-12(7)19/h1-5,18-19H,6H2. The summed E-state index contributed by atoms with van der Waals surface area (Å²) in [7, 11) is 0. The van der Waals surface area contributed by atoms with E-state index in [1.807, 2.05) is 12.1 Å². The lowest BCUT2D eigenvalue weighted by atomic mass is 10.2. The summed E-state index contributed by atoms with van der Waals surface area (Å²) in [5.41, 5.74) is 1.34. The second-order valence-electron chi connectivity index (χ2n) is 3.87. The van der Waals surface area contributed by atoms with E-state index in [0.717, 1.165) is 19.1 Å². The summed E-state index contributed by atoms with van der Waals surface area (Å²) in [4.78, 5) is 0. The molecule has 100 valence electrons. The molecular formula is C13H9Br3FNO. The molecule has 0 aliphatic carbocycles. The molecule has 6 heteroatoms. The molecule has 0 saturated heterocycles. The zero-order chi connectivity index (χ0) is 14.0. The minimum Gasteiger partial charge on any atom is -0.508 e. The molecule has 0 unspecified atom stereocenters. The molecule has 0 fully saturated rings. The quantitative estimate of drug-likeness (QED) is 0.649. The lowest BCUT2D eigenvalue weighted by Crippen LogP contribution is -2.01. The summed E-state index contributed by atoms with van der Waals surface area (Å²) in [6.07, 6.45) is 0. The highest BCUT2D eigenvalue weighted by molar-refractivity contribution is 9.11. The minimum atomic E-state index is -0.372. The Hall–Kier alpha value is -0.590. The topological polar surface area (TPSA) is 32.3 Å². The van der Waals surface area contributed by atoms with Crippen molar-refractivity contribution in [3.8, 4) is 5.75 Å². The third-order valence-corrected chi connectivity index (χ3v) is 4.21. The van der Waals surface area contributed by atoms with Crippen LogP contribution < -0.4 is 5.32 Å². The predicted octanol–water partition coefficient (Wildman–Crippen LogP) is 5.43. The highest BCUT2D eigenvalue weighted by atomic mass is 79.9. The summed E-state index contributed by atoms with van der Waals surface area (Å²) in [6.45, 7) is 0.322. The van der Waals surface area contributed by atoms with Gasteiger partial charge in [0.05, 0.1) is 5.69 Å². The molecule has 0 heterocycles. The molecular weight excluding hydrogens is 445 g/mol. The lowest BCUT2D eigenvalue weighted by Gasteiger charge is -2.12. The molecule has 0 aliphatic heterocycles. The van der Waals surface area contributed by atoms with Crippen LogP contribution in [0, 0.1) is 5.82 Å². The molecule has 2 N–H and O–H groups in total. The maximum absolute atomic E-state index is 13.1. The number of phenols is 1. The van der Waals surface area contributed by atoms with E-state index in [4.69, 9.17) is 0 Å². The lowest BCUT2D eigenvalue weighted by molar-refractivity contribution is 0.466. The molecule has 0 aliphatic rings. The van der Waals surface area contributed by atoms with E-state index in [-0.39, 0.29) is 11.6 Å². The summed E-state index contributed by atoms with van der Waals surface area (Å²) >= 11 is 10.3. The van der Waals surface area contributed by atoms with E-state index >= 15 is 0 Å². The second-order valence-corrected chi connectivity index (χ2v) is 6.50. The van der Waals surface area contributed by atoms with Gasteiger partial charge in [0.2, 0.25) is 0 Å². The van der Waals surface area contributed by atoms with Crippen molar-refractivity contribution in [2.24, 2.45) is 0 Å². The molecule has 0 radical (unpaired) electrons. The van der Waals surface area contributed by atoms with Gasteiger partial charge in [0.15, 0.2) is 0 Å². The molecule has 0 spiro atoms. The molecule has 2 aromatic carbocycles. The highest BCUT2D eigenvalue weighted by Crippen LogP contribution is 2.35. The normalized spacial score (nSPS) is 10.5. The van der Waals surface area contributed by atoms with Gasteiger partial charge in [-0.15, -0.1) is 0 Å². The Bertz CT molecular complexity index is 596. The monoisotopic (exact) mass is 451 g/mol. The highest BCUT2D eigenvalue weighted by Gasteiger charge is 2.08. The number of phenolic OH excluding ortho intramolecular Hbond substituents is 1. The summed E-state index contributed by atoms with van der Waals surface area (Å²) < 4.78 is 15.8. The van der Waals surface area contributed by atoms with E-state index in [1.54, 1.807) is 0 Å². The minimum absolute atomic E-state index is 0.0678. The van der Waals surface area contributed by atoms with E-state index in [2.05, 4.69) is 53.1 Å². The number of rotatable bonds is 3. The van der Waals surface area contributed by atoms with Crippen molar-refractivity contribution in [2.75, 3.05) is 5.32 Å². The number of nitrogens with one attached hydrogen (secondary N) is 1. The Morgan fingerprint density at radius 3 is 2.32 bits per heavy atom. The SMILES string of the molecule is Oc1ccc(F)cc1CNc1c(Br)cc(Br)cc1Br. The van der Waals surface area contributed by atoms with Crippen molar-refractivity contribution in [1.29, 1.82) is 0 Å². The van der Waals surface area contributed by atoms with Crippen molar-refractivity contribution < 1.29 is 9.50 Å². The molecule has 0 bridgehead atoms. The van der Waals surface area contributed by atoms with Crippen LogP contribution in [0.15, 0.2) is 43.7 Å². The molecule has 19 heavy (non-hydrogen) atoms. The Morgan fingerprint density at radius 1 is 1.05 bits per heavy atom. The fourth-order valence-electron chi connectivity index (χ4n) is 1.59. The van der Waals surface area contributed by atoms with Crippen LogP contribution in [-0.2, 0) is 6.54 Å². The average molecular weight is 454 g/mol. The van der Waals surface area contributed by atoms with Crippen LogP contribution in [0.2, 0.25) is 0 Å². The Morgan fingerprint density at radius 2 is 1.68 bits per heavy atom. The van der Waals surface area contributed by atoms with Crippen molar-refractivity contribution in [1.82, 2.24) is 0 Å². The van der Waals surface area contributed by atoms with E-state index in [9.17, 15) is 9.50 Å². The first-order valence-electron chi connectivity index (χ1n) is 5.33. The first-order valence-corrected chi connectivity index (χ1v) is 7.71. The number of aromatic hydroxyl groups is 1. The molecule has 2 nitrogen and oxygen atoms in total. The first kappa shape index (κ1) is 14.8. The van der Waals surface area contributed by atoms with E-state index in [0.29, 0.717) is 12.1 Å². The third-order valence-electron chi connectivity index (χ3n) is 2.50. The van der Waals surface area contributed by atoms with Crippen molar-refractivity contribution in [3.05, 3.63) is 55.1 Å². The van der Waals surface area contributed by atoms with Crippen molar-refractivity contribution in [3.63, 3.8) is 0 Å². The number of halogens is 4. The predicted molar refractivity (Wildman–Crippen MR) is 84.9 cm³/mol. The van der Waals surface area contributed by atoms with Gasteiger partial charge in [-0.3, -0.25) is 0 Å². The summed E-state index contributed by atoms with van der Waals surface area (Å²) in [5.74, 6) is -0.304. The molecule has 2 aromatic rings. The van der Waals surface area contributed by atoms with Crippen LogP contribution in [0.5, 0.6) is 5.75 Å². The first-order chi connectivity index (χ1) is 8.97. The molecule has 0 saturated carbocycles. The Balaban J connectivity index is 2.21. The molecule has 0 atom stereocenters. The fourth-order valence-corrected chi connectivity index (χ4v) is 4.13. The summed E-state index contributed by atoms with van der Waals surface area (Å²) in [5, 5.41) is 12.8. The Labute approximate surface area is 135 Å². The van der Waals surface area contributed by atoms with Crippen LogP contribution in [0.25, 0.3) is 0 Å². The maximum atomic E-state index is 13.1. The largest absolute Gasteiger partial charge is 0.508 e.